The van der Waals surface area contributed by atoms with Gasteiger partial charge in [-0.3, -0.25) is 0 Å². The van der Waals surface area contributed by atoms with E-state index in [1.165, 1.54) is 36.3 Å². The molecule has 0 saturated heterocycles. The van der Waals surface area contributed by atoms with Crippen LogP contribution in [-0.4, -0.2) is 33.6 Å². The van der Waals surface area contributed by atoms with E-state index in [0.717, 1.165) is 177 Å². The zero-order valence-electron chi connectivity index (χ0n) is 55.5. The number of fused-ring (bicyclic) bond motifs is 20. The fourth-order valence-electron chi connectivity index (χ4n) is 16.8. The van der Waals surface area contributed by atoms with Gasteiger partial charge in [0.25, 0.3) is 0 Å². The summed E-state index contributed by atoms with van der Waals surface area (Å²) in [6.07, 6.45) is 0. The third-order valence-electron chi connectivity index (χ3n) is 21.4. The second-order valence-electron chi connectivity index (χ2n) is 27.2. The Morgan fingerprint density at radius 2 is 0.702 bits per heavy atom. The minimum absolute atomic E-state index is 0.621. The Balaban J connectivity index is 0.682. The van der Waals surface area contributed by atoms with Gasteiger partial charge in [0.2, 0.25) is 0 Å². The van der Waals surface area contributed by atoms with E-state index in [-0.39, 0.29) is 0 Å². The molecule has 0 fully saturated rings. The lowest BCUT2D eigenvalue weighted by atomic mass is 9.99. The van der Waals surface area contributed by atoms with Gasteiger partial charge in [0, 0.05) is 124 Å². The number of thiophene rings is 1. The summed E-state index contributed by atoms with van der Waals surface area (Å²) in [7, 11) is 0. The minimum atomic E-state index is 0.621. The van der Waals surface area contributed by atoms with Crippen molar-refractivity contribution in [3.63, 3.8) is 0 Å². The smallest absolute Gasteiger partial charge is 0.161 e. The molecule has 23 rings (SSSR count). The van der Waals surface area contributed by atoms with E-state index >= 15 is 0 Å². The fraction of sp³-hybridized carbons (Fsp3) is 0. The molecule has 0 aliphatic rings. The van der Waals surface area contributed by atoms with E-state index in [1.807, 2.05) is 35.6 Å². The van der Waals surface area contributed by atoms with Gasteiger partial charge in [-0.1, -0.05) is 194 Å². The lowest BCUT2D eigenvalue weighted by Gasteiger charge is -2.13. The van der Waals surface area contributed by atoms with Crippen LogP contribution in [0, 0.1) is 0 Å². The third kappa shape index (κ3) is 8.42. The van der Waals surface area contributed by atoms with Crippen LogP contribution in [0.25, 0.3) is 225 Å². The molecule has 8 heterocycles. The molecule has 0 radical (unpaired) electrons. The molecular formula is C94H53N7O2S. The van der Waals surface area contributed by atoms with Gasteiger partial charge in [-0.15, -0.1) is 11.3 Å². The summed E-state index contributed by atoms with van der Waals surface area (Å²) < 4.78 is 23.4. The first-order valence-corrected chi connectivity index (χ1v) is 35.9. The predicted octanol–water partition coefficient (Wildman–Crippen LogP) is 25.4. The van der Waals surface area contributed by atoms with Crippen LogP contribution in [0.1, 0.15) is 0 Å². The molecule has 104 heavy (non-hydrogen) atoms. The quantitative estimate of drug-likeness (QED) is 0.150. The highest BCUT2D eigenvalue weighted by Gasteiger charge is 2.25. The number of hydrogen-bond donors (Lipinski definition) is 0. The molecule has 15 aromatic carbocycles. The van der Waals surface area contributed by atoms with Crippen LogP contribution in [0.15, 0.2) is 330 Å². The second-order valence-corrected chi connectivity index (χ2v) is 28.2. The molecule has 0 amide bonds. The molecule has 0 spiro atoms. The van der Waals surface area contributed by atoms with Crippen molar-refractivity contribution in [2.45, 2.75) is 0 Å². The van der Waals surface area contributed by atoms with Gasteiger partial charge in [0.1, 0.15) is 22.3 Å². The molecule has 0 saturated carbocycles. The number of furan rings is 2. The Morgan fingerprint density at radius 1 is 0.231 bits per heavy atom. The van der Waals surface area contributed by atoms with Crippen LogP contribution >= 0.6 is 11.3 Å². The van der Waals surface area contributed by atoms with Gasteiger partial charge >= 0.3 is 0 Å². The van der Waals surface area contributed by atoms with Crippen molar-refractivity contribution < 1.29 is 8.83 Å². The maximum absolute atomic E-state index is 6.79. The van der Waals surface area contributed by atoms with Crippen LogP contribution < -0.4 is 0 Å². The van der Waals surface area contributed by atoms with Gasteiger partial charge in [-0.2, -0.15) is 0 Å². The van der Waals surface area contributed by atoms with E-state index in [9.17, 15) is 0 Å². The molecule has 0 unspecified atom stereocenters. The van der Waals surface area contributed by atoms with Gasteiger partial charge in [0.05, 0.1) is 55.5 Å². The highest BCUT2D eigenvalue weighted by Crippen LogP contribution is 2.47. The lowest BCUT2D eigenvalue weighted by molar-refractivity contribution is 0.668. The summed E-state index contributed by atoms with van der Waals surface area (Å²) in [5.74, 6) is 1.27. The number of aromatic nitrogens is 7. The SMILES string of the molecule is c1ccc(-c2nc(-c3cccc4oc5ccc(-n6c7ccccc7c7cc8c9ccc(-c%10ccc%11c(-c%12ccccc%12)nc(-c%12cccc%13oc%14ccc(-n%15c%16ccccc%16c%16cc%17sc%18ccccc%18c%17cc%16%15)cc%14c%12%13)nc%11c%10)cc9n(-c9ccccc9)c8cc76)cc5c34)nc3ccccc23)cc1. The first-order chi connectivity index (χ1) is 51.5. The van der Waals surface area contributed by atoms with Crippen molar-refractivity contribution in [3.05, 3.63) is 322 Å². The van der Waals surface area contributed by atoms with Gasteiger partial charge < -0.3 is 22.5 Å². The Kier molecular flexibility index (Phi) is 12.0. The van der Waals surface area contributed by atoms with Crippen molar-refractivity contribution in [1.82, 2.24) is 33.6 Å². The average Bonchev–Trinajstić information content (AvgIpc) is 1.55. The van der Waals surface area contributed by atoms with Crippen LogP contribution in [0.3, 0.4) is 0 Å². The highest BCUT2D eigenvalue weighted by molar-refractivity contribution is 7.25. The summed E-state index contributed by atoms with van der Waals surface area (Å²) in [5, 5.41) is 15.5. The summed E-state index contributed by atoms with van der Waals surface area (Å²) in [4.78, 5) is 21.7. The third-order valence-corrected chi connectivity index (χ3v) is 22.6. The minimum Gasteiger partial charge on any atom is -0.456 e. The normalized spacial score (nSPS) is 12.2. The summed E-state index contributed by atoms with van der Waals surface area (Å²) in [5.41, 5.74) is 22.4. The van der Waals surface area contributed by atoms with E-state index in [4.69, 9.17) is 28.8 Å². The lowest BCUT2D eigenvalue weighted by Crippen LogP contribution is -1.97. The van der Waals surface area contributed by atoms with E-state index < -0.39 is 0 Å². The second kappa shape index (κ2) is 21.9. The van der Waals surface area contributed by atoms with Crippen LogP contribution in [0.5, 0.6) is 0 Å². The number of hydrogen-bond acceptors (Lipinski definition) is 7. The van der Waals surface area contributed by atoms with Gasteiger partial charge in [-0.25, -0.2) is 19.9 Å². The molecule has 9 nitrogen and oxygen atoms in total. The summed E-state index contributed by atoms with van der Waals surface area (Å²) in [6.45, 7) is 0. The average molecular weight is 1340 g/mol. The maximum atomic E-state index is 6.79. The molecule has 482 valence electrons. The molecule has 0 atom stereocenters. The van der Waals surface area contributed by atoms with E-state index in [0.29, 0.717) is 11.6 Å². The number of benzene rings is 15. The summed E-state index contributed by atoms with van der Waals surface area (Å²) in [6, 6.07) is 115. The van der Waals surface area contributed by atoms with Crippen molar-refractivity contribution in [2.75, 3.05) is 0 Å². The molecule has 23 aromatic rings. The van der Waals surface area contributed by atoms with E-state index in [2.05, 4.69) is 311 Å². The molecule has 10 heteroatoms. The molecule has 0 aliphatic heterocycles. The Labute approximate surface area is 596 Å². The van der Waals surface area contributed by atoms with Crippen LogP contribution in [0.2, 0.25) is 0 Å². The first-order valence-electron chi connectivity index (χ1n) is 35.1. The topological polar surface area (TPSA) is 92.6 Å². The first kappa shape index (κ1) is 57.0. The predicted molar refractivity (Wildman–Crippen MR) is 430 cm³/mol. The highest BCUT2D eigenvalue weighted by atomic mass is 32.1. The van der Waals surface area contributed by atoms with Crippen molar-refractivity contribution in [2.24, 2.45) is 0 Å². The number of rotatable bonds is 8. The molecule has 8 aromatic heterocycles. The van der Waals surface area contributed by atoms with Gasteiger partial charge in [0.15, 0.2) is 11.6 Å². The summed E-state index contributed by atoms with van der Waals surface area (Å²) >= 11 is 1.86. The van der Waals surface area contributed by atoms with Crippen molar-refractivity contribution in [1.29, 1.82) is 0 Å². The van der Waals surface area contributed by atoms with Gasteiger partial charge in [-0.05, 0) is 139 Å². The molecule has 0 bridgehead atoms. The Morgan fingerprint density at radius 3 is 1.33 bits per heavy atom. The zero-order chi connectivity index (χ0) is 67.8. The Hall–Kier alpha value is -13.8. The largest absolute Gasteiger partial charge is 0.456 e. The molecule has 0 aliphatic carbocycles. The maximum Gasteiger partial charge on any atom is 0.161 e. The molecule has 0 N–H and O–H groups in total. The zero-order valence-corrected chi connectivity index (χ0v) is 56.3. The van der Waals surface area contributed by atoms with Crippen LogP contribution in [-0.2, 0) is 0 Å². The monoisotopic (exact) mass is 1340 g/mol. The van der Waals surface area contributed by atoms with E-state index in [1.54, 1.807) is 0 Å². The van der Waals surface area contributed by atoms with Crippen molar-refractivity contribution in [3.8, 4) is 73.5 Å². The standard InChI is InChI=1S/C94H53N7O2S/c1-4-20-54(21-5-1)91-65-29-10-14-32-75(65)95-93(97-91)67-30-18-35-85-89(67)74-49-60(41-45-84(74)102-85)101-77-33-15-11-26-61(77)69-50-70-63-42-38-57(47-79(63)99(81(70)53-82(69)101)58-24-8-3-9-25-58)56-39-43-66-76(46-56)96-94(98-92(66)55-22-6-2-7-23-55)68-31-19-36-86-90(68)73-48-59(40-44-83(73)103-86)100-78-34-16-12-27-62(78)71-52-88-72(51-80(71)100)64-28-13-17-37-87(64)104-88/h1-53H. The molecular weight excluding hydrogens is 1290 g/mol. The van der Waals surface area contributed by atoms with Crippen molar-refractivity contribution >= 4 is 163 Å². The Bertz CT molecular complexity index is 7610. The number of para-hydroxylation sites is 4. The fourth-order valence-corrected chi connectivity index (χ4v) is 17.9. The number of nitrogens with zero attached hydrogens (tertiary/aromatic N) is 7. The van der Waals surface area contributed by atoms with Crippen LogP contribution in [0.4, 0.5) is 0 Å².